The lowest BCUT2D eigenvalue weighted by Crippen LogP contribution is -2.31. The number of furan rings is 1. The van der Waals surface area contributed by atoms with E-state index in [-0.39, 0.29) is 11.9 Å². The molecule has 3 rings (SSSR count). The third-order valence-electron chi connectivity index (χ3n) is 3.60. The lowest BCUT2D eigenvalue weighted by molar-refractivity contribution is 0.0760. The van der Waals surface area contributed by atoms with Crippen LogP contribution in [0.4, 0.5) is 0 Å². The van der Waals surface area contributed by atoms with E-state index in [4.69, 9.17) is 21.8 Å². The summed E-state index contributed by atoms with van der Waals surface area (Å²) in [5.74, 6) is 0.309. The van der Waals surface area contributed by atoms with Crippen LogP contribution in [0.25, 0.3) is 11.0 Å². The van der Waals surface area contributed by atoms with E-state index in [0.29, 0.717) is 29.5 Å². The maximum absolute atomic E-state index is 12.4. The van der Waals surface area contributed by atoms with E-state index in [1.807, 2.05) is 13.0 Å². The van der Waals surface area contributed by atoms with Crippen molar-refractivity contribution in [1.82, 2.24) is 4.90 Å². The molecule has 0 radical (unpaired) electrons. The molecule has 100 valence electrons. The first-order valence-electron chi connectivity index (χ1n) is 6.30. The molecule has 1 fully saturated rings. The van der Waals surface area contributed by atoms with Gasteiger partial charge in [-0.3, -0.25) is 4.79 Å². The van der Waals surface area contributed by atoms with Crippen molar-refractivity contribution in [2.24, 2.45) is 5.73 Å². The van der Waals surface area contributed by atoms with Gasteiger partial charge in [-0.25, -0.2) is 0 Å². The zero-order valence-electron chi connectivity index (χ0n) is 10.6. The third-order valence-corrected chi connectivity index (χ3v) is 3.84. The molecule has 4 nitrogen and oxygen atoms in total. The second-order valence-corrected chi connectivity index (χ2v) is 5.43. The van der Waals surface area contributed by atoms with Crippen LogP contribution in [0.15, 0.2) is 22.6 Å². The van der Waals surface area contributed by atoms with Gasteiger partial charge in [-0.2, -0.15) is 0 Å². The summed E-state index contributed by atoms with van der Waals surface area (Å²) in [6.45, 7) is 3.17. The van der Waals surface area contributed by atoms with Crippen molar-refractivity contribution in [1.29, 1.82) is 0 Å². The minimum Gasteiger partial charge on any atom is -0.451 e. The van der Waals surface area contributed by atoms with Crippen molar-refractivity contribution < 1.29 is 9.21 Å². The Morgan fingerprint density at radius 1 is 1.53 bits per heavy atom. The highest BCUT2D eigenvalue weighted by Crippen LogP contribution is 2.29. The molecule has 0 saturated carbocycles. The first-order valence-corrected chi connectivity index (χ1v) is 6.67. The maximum Gasteiger partial charge on any atom is 0.289 e. The molecule has 1 aromatic heterocycles. The highest BCUT2D eigenvalue weighted by molar-refractivity contribution is 6.31. The SMILES string of the molecule is Cc1c(C(=O)N2CCC(N)C2)oc2ccc(Cl)cc12. The molecular formula is C14H15ClN2O2. The number of fused-ring (bicyclic) bond motifs is 1. The molecule has 1 aliphatic heterocycles. The summed E-state index contributed by atoms with van der Waals surface area (Å²) in [6.07, 6.45) is 0.844. The van der Waals surface area contributed by atoms with E-state index in [1.54, 1.807) is 17.0 Å². The molecule has 2 N–H and O–H groups in total. The van der Waals surface area contributed by atoms with E-state index in [0.717, 1.165) is 17.4 Å². The smallest absolute Gasteiger partial charge is 0.289 e. The summed E-state index contributed by atoms with van der Waals surface area (Å²) >= 11 is 5.97. The second-order valence-electron chi connectivity index (χ2n) is 5.00. The second kappa shape index (κ2) is 4.54. The van der Waals surface area contributed by atoms with Crippen LogP contribution < -0.4 is 5.73 Å². The molecule has 1 unspecified atom stereocenters. The predicted molar refractivity (Wildman–Crippen MR) is 74.5 cm³/mol. The van der Waals surface area contributed by atoms with Gasteiger partial charge < -0.3 is 15.1 Å². The Kier molecular flexibility index (Phi) is 2.99. The van der Waals surface area contributed by atoms with Crippen LogP contribution in [-0.4, -0.2) is 29.9 Å². The van der Waals surface area contributed by atoms with Gasteiger partial charge in [0.2, 0.25) is 0 Å². The fourth-order valence-electron chi connectivity index (χ4n) is 2.51. The van der Waals surface area contributed by atoms with Gasteiger partial charge in [0.15, 0.2) is 5.76 Å². The molecule has 2 heterocycles. The number of halogens is 1. The summed E-state index contributed by atoms with van der Waals surface area (Å²) in [5, 5.41) is 1.53. The number of nitrogens with zero attached hydrogens (tertiary/aromatic N) is 1. The van der Waals surface area contributed by atoms with Crippen molar-refractivity contribution >= 4 is 28.5 Å². The Morgan fingerprint density at radius 2 is 2.32 bits per heavy atom. The predicted octanol–water partition coefficient (Wildman–Crippen LogP) is 2.57. The standard InChI is InChI=1S/C14H15ClN2O2/c1-8-11-6-9(15)2-3-12(11)19-13(8)14(18)17-5-4-10(16)7-17/h2-3,6,10H,4-5,7,16H2,1H3. The zero-order chi connectivity index (χ0) is 13.6. The lowest BCUT2D eigenvalue weighted by atomic mass is 10.1. The third kappa shape index (κ3) is 2.11. The number of hydrogen-bond donors (Lipinski definition) is 1. The Hall–Kier alpha value is -1.52. The number of rotatable bonds is 1. The first-order chi connectivity index (χ1) is 9.06. The van der Waals surface area contributed by atoms with Crippen molar-refractivity contribution in [3.05, 3.63) is 34.5 Å². The van der Waals surface area contributed by atoms with Crippen molar-refractivity contribution in [2.75, 3.05) is 13.1 Å². The van der Waals surface area contributed by atoms with E-state index in [2.05, 4.69) is 0 Å². The number of benzene rings is 1. The van der Waals surface area contributed by atoms with Gasteiger partial charge >= 0.3 is 0 Å². The molecule has 2 aromatic rings. The average Bonchev–Trinajstić information content (AvgIpc) is 2.94. The van der Waals surface area contributed by atoms with Gasteiger partial charge in [0.05, 0.1) is 0 Å². The number of aryl methyl sites for hydroxylation is 1. The van der Waals surface area contributed by atoms with Crippen LogP contribution in [0.3, 0.4) is 0 Å². The largest absolute Gasteiger partial charge is 0.451 e. The Labute approximate surface area is 116 Å². The summed E-state index contributed by atoms with van der Waals surface area (Å²) < 4.78 is 5.67. The van der Waals surface area contributed by atoms with Gasteiger partial charge in [0.25, 0.3) is 5.91 Å². The molecule has 1 aromatic carbocycles. The van der Waals surface area contributed by atoms with Crippen molar-refractivity contribution in [3.63, 3.8) is 0 Å². The monoisotopic (exact) mass is 278 g/mol. The van der Waals surface area contributed by atoms with Gasteiger partial charge in [-0.05, 0) is 31.5 Å². The molecule has 1 amide bonds. The van der Waals surface area contributed by atoms with Crippen LogP contribution >= 0.6 is 11.6 Å². The quantitative estimate of drug-likeness (QED) is 0.872. The number of likely N-dealkylation sites (tertiary alicyclic amines) is 1. The molecule has 5 heteroatoms. The van der Waals surface area contributed by atoms with Gasteiger partial charge in [-0.15, -0.1) is 0 Å². The number of amides is 1. The number of carbonyl (C=O) groups is 1. The van der Waals surface area contributed by atoms with E-state index >= 15 is 0 Å². The number of nitrogens with two attached hydrogens (primary N) is 1. The molecule has 0 aliphatic carbocycles. The van der Waals surface area contributed by atoms with Gasteiger partial charge in [0.1, 0.15) is 5.58 Å². The van der Waals surface area contributed by atoms with E-state index < -0.39 is 0 Å². The molecule has 1 atom stereocenters. The van der Waals surface area contributed by atoms with E-state index in [9.17, 15) is 4.79 Å². The molecule has 19 heavy (non-hydrogen) atoms. The summed E-state index contributed by atoms with van der Waals surface area (Å²) in [5.41, 5.74) is 7.36. The topological polar surface area (TPSA) is 59.5 Å². The number of carbonyl (C=O) groups excluding carboxylic acids is 1. The minimum atomic E-state index is -0.0854. The minimum absolute atomic E-state index is 0.0723. The maximum atomic E-state index is 12.4. The molecule has 0 spiro atoms. The van der Waals surface area contributed by atoms with E-state index in [1.165, 1.54) is 0 Å². The highest BCUT2D eigenvalue weighted by atomic mass is 35.5. The first kappa shape index (κ1) is 12.5. The summed E-state index contributed by atoms with van der Waals surface area (Å²) in [7, 11) is 0. The lowest BCUT2D eigenvalue weighted by Gasteiger charge is -2.14. The van der Waals surface area contributed by atoms with Gasteiger partial charge in [-0.1, -0.05) is 11.6 Å². The van der Waals surface area contributed by atoms with Crippen LogP contribution in [0.5, 0.6) is 0 Å². The fourth-order valence-corrected chi connectivity index (χ4v) is 2.68. The van der Waals surface area contributed by atoms with Gasteiger partial charge in [0, 0.05) is 35.1 Å². The molecular weight excluding hydrogens is 264 g/mol. The summed E-state index contributed by atoms with van der Waals surface area (Å²) in [4.78, 5) is 14.2. The zero-order valence-corrected chi connectivity index (χ0v) is 11.4. The van der Waals surface area contributed by atoms with Crippen LogP contribution in [-0.2, 0) is 0 Å². The Balaban J connectivity index is 2.01. The molecule has 1 aliphatic rings. The van der Waals surface area contributed by atoms with Crippen LogP contribution in [0, 0.1) is 6.92 Å². The van der Waals surface area contributed by atoms with Crippen LogP contribution in [0.2, 0.25) is 5.02 Å². The summed E-state index contributed by atoms with van der Waals surface area (Å²) in [6, 6.07) is 5.44. The Bertz CT molecular complexity index is 650. The fraction of sp³-hybridized carbons (Fsp3) is 0.357. The van der Waals surface area contributed by atoms with Crippen molar-refractivity contribution in [3.8, 4) is 0 Å². The van der Waals surface area contributed by atoms with Crippen LogP contribution in [0.1, 0.15) is 22.5 Å². The normalized spacial score (nSPS) is 19.3. The van der Waals surface area contributed by atoms with Crippen molar-refractivity contribution in [2.45, 2.75) is 19.4 Å². The average molecular weight is 279 g/mol. The molecule has 1 saturated heterocycles. The molecule has 0 bridgehead atoms. The highest BCUT2D eigenvalue weighted by Gasteiger charge is 2.28. The number of hydrogen-bond acceptors (Lipinski definition) is 3. The Morgan fingerprint density at radius 3 is 3.00 bits per heavy atom.